The molecule has 0 saturated carbocycles. The monoisotopic (exact) mass is 273 g/mol. The molecule has 0 aliphatic rings. The van der Waals surface area contributed by atoms with Gasteiger partial charge in [-0.2, -0.15) is 0 Å². The Balaban J connectivity index is 2.24. The largest absolute Gasteiger partial charge is 0.494 e. The van der Waals surface area contributed by atoms with Gasteiger partial charge in [0, 0.05) is 6.04 Å². The molecular formula is C17H20FNO. The number of hydrogen-bond donors (Lipinski definition) is 1. The molecule has 0 spiro atoms. The van der Waals surface area contributed by atoms with Gasteiger partial charge in [-0.15, -0.1) is 0 Å². The van der Waals surface area contributed by atoms with E-state index in [4.69, 9.17) is 4.74 Å². The summed E-state index contributed by atoms with van der Waals surface area (Å²) in [5.41, 5.74) is 3.03. The zero-order chi connectivity index (χ0) is 14.5. The third-order valence-electron chi connectivity index (χ3n) is 3.52. The van der Waals surface area contributed by atoms with Gasteiger partial charge in [0.25, 0.3) is 0 Å². The molecule has 2 rings (SSSR count). The van der Waals surface area contributed by atoms with Crippen LogP contribution in [0.25, 0.3) is 0 Å². The van der Waals surface area contributed by atoms with Gasteiger partial charge in [0.05, 0.1) is 7.11 Å². The SMILES string of the molecule is CNC(Cc1cccc(OC)c1F)c1ccc(C)cc1. The van der Waals surface area contributed by atoms with E-state index in [9.17, 15) is 4.39 Å². The first-order chi connectivity index (χ1) is 9.65. The van der Waals surface area contributed by atoms with Crippen LogP contribution in [0, 0.1) is 12.7 Å². The fourth-order valence-corrected chi connectivity index (χ4v) is 2.28. The molecule has 2 nitrogen and oxygen atoms in total. The van der Waals surface area contributed by atoms with E-state index in [2.05, 4.69) is 36.5 Å². The predicted molar refractivity (Wildman–Crippen MR) is 79.6 cm³/mol. The molecule has 3 heteroatoms. The number of aryl methyl sites for hydroxylation is 1. The molecule has 1 atom stereocenters. The Morgan fingerprint density at radius 1 is 1.15 bits per heavy atom. The van der Waals surface area contributed by atoms with E-state index in [1.54, 1.807) is 12.1 Å². The van der Waals surface area contributed by atoms with Crippen LogP contribution in [0.4, 0.5) is 4.39 Å². The quantitative estimate of drug-likeness (QED) is 0.898. The van der Waals surface area contributed by atoms with Crippen molar-refractivity contribution in [1.82, 2.24) is 5.32 Å². The zero-order valence-corrected chi connectivity index (χ0v) is 12.1. The summed E-state index contributed by atoms with van der Waals surface area (Å²) in [5, 5.41) is 3.24. The highest BCUT2D eigenvalue weighted by Crippen LogP contribution is 2.25. The summed E-state index contributed by atoms with van der Waals surface area (Å²) in [5.74, 6) is 0.0172. The van der Waals surface area contributed by atoms with E-state index >= 15 is 0 Å². The molecule has 1 N–H and O–H groups in total. The van der Waals surface area contributed by atoms with Crippen LogP contribution in [-0.4, -0.2) is 14.2 Å². The van der Waals surface area contributed by atoms with Crippen molar-refractivity contribution in [2.75, 3.05) is 14.2 Å². The van der Waals surface area contributed by atoms with Gasteiger partial charge in [-0.1, -0.05) is 42.0 Å². The van der Waals surface area contributed by atoms with Crippen molar-refractivity contribution < 1.29 is 9.13 Å². The molecule has 0 heterocycles. The third-order valence-corrected chi connectivity index (χ3v) is 3.52. The van der Waals surface area contributed by atoms with Crippen molar-refractivity contribution in [3.05, 3.63) is 65.0 Å². The number of halogens is 1. The molecule has 0 radical (unpaired) electrons. The number of rotatable bonds is 5. The van der Waals surface area contributed by atoms with E-state index in [1.165, 1.54) is 12.7 Å². The van der Waals surface area contributed by atoms with E-state index < -0.39 is 0 Å². The Kier molecular flexibility index (Phi) is 4.74. The average Bonchev–Trinajstić information content (AvgIpc) is 2.47. The molecule has 1 unspecified atom stereocenters. The summed E-state index contributed by atoms with van der Waals surface area (Å²) in [7, 11) is 3.38. The second-order valence-electron chi connectivity index (χ2n) is 4.89. The fourth-order valence-electron chi connectivity index (χ4n) is 2.28. The van der Waals surface area contributed by atoms with Crippen LogP contribution in [0.1, 0.15) is 22.7 Å². The van der Waals surface area contributed by atoms with E-state index in [1.807, 2.05) is 13.1 Å². The molecule has 0 saturated heterocycles. The zero-order valence-electron chi connectivity index (χ0n) is 12.1. The Morgan fingerprint density at radius 3 is 2.45 bits per heavy atom. The number of benzene rings is 2. The lowest BCUT2D eigenvalue weighted by Crippen LogP contribution is -2.19. The minimum Gasteiger partial charge on any atom is -0.494 e. The topological polar surface area (TPSA) is 21.3 Å². The second kappa shape index (κ2) is 6.53. The molecule has 106 valence electrons. The maximum Gasteiger partial charge on any atom is 0.168 e. The first-order valence-corrected chi connectivity index (χ1v) is 6.71. The summed E-state index contributed by atoms with van der Waals surface area (Å²) in [4.78, 5) is 0. The molecule has 2 aromatic rings. The van der Waals surface area contributed by atoms with Crippen molar-refractivity contribution in [3.63, 3.8) is 0 Å². The number of nitrogens with one attached hydrogen (secondary N) is 1. The lowest BCUT2D eigenvalue weighted by Gasteiger charge is -2.18. The van der Waals surface area contributed by atoms with Crippen LogP contribution in [0.3, 0.4) is 0 Å². The van der Waals surface area contributed by atoms with Crippen LogP contribution in [0.2, 0.25) is 0 Å². The maximum atomic E-state index is 14.2. The second-order valence-corrected chi connectivity index (χ2v) is 4.89. The van der Waals surface area contributed by atoms with Crippen molar-refractivity contribution in [2.45, 2.75) is 19.4 Å². The molecule has 0 aliphatic heterocycles. The number of likely N-dealkylation sites (N-methyl/N-ethyl adjacent to an activating group) is 1. The van der Waals surface area contributed by atoms with Gasteiger partial charge in [-0.3, -0.25) is 0 Å². The summed E-state index contributed by atoms with van der Waals surface area (Å²) in [6, 6.07) is 13.6. The minimum absolute atomic E-state index is 0.0807. The van der Waals surface area contributed by atoms with Crippen molar-refractivity contribution >= 4 is 0 Å². The van der Waals surface area contributed by atoms with E-state index in [0.29, 0.717) is 17.7 Å². The van der Waals surface area contributed by atoms with Gasteiger partial charge in [0.2, 0.25) is 0 Å². The first-order valence-electron chi connectivity index (χ1n) is 6.71. The van der Waals surface area contributed by atoms with Crippen molar-refractivity contribution in [1.29, 1.82) is 0 Å². The molecule has 0 aliphatic carbocycles. The standard InChI is InChI=1S/C17H20FNO/c1-12-7-9-13(10-8-12)15(19-2)11-14-5-4-6-16(20-3)17(14)18/h4-10,15,19H,11H2,1-3H3. The van der Waals surface area contributed by atoms with Gasteiger partial charge >= 0.3 is 0 Å². The Hall–Kier alpha value is -1.87. The van der Waals surface area contributed by atoms with Crippen molar-refractivity contribution in [2.24, 2.45) is 0 Å². The highest BCUT2D eigenvalue weighted by molar-refractivity contribution is 5.33. The Labute approximate surface area is 119 Å². The summed E-state index contributed by atoms with van der Waals surface area (Å²) in [6.45, 7) is 2.06. The molecule has 0 aromatic heterocycles. The Morgan fingerprint density at radius 2 is 1.85 bits per heavy atom. The van der Waals surface area contributed by atoms with E-state index in [-0.39, 0.29) is 11.9 Å². The third kappa shape index (κ3) is 3.17. The highest BCUT2D eigenvalue weighted by Gasteiger charge is 2.15. The molecule has 0 amide bonds. The van der Waals surface area contributed by atoms with Crippen molar-refractivity contribution in [3.8, 4) is 5.75 Å². The molecular weight excluding hydrogens is 253 g/mol. The molecule has 0 bridgehead atoms. The lowest BCUT2D eigenvalue weighted by atomic mass is 9.97. The molecule has 2 aromatic carbocycles. The summed E-state index contributed by atoms with van der Waals surface area (Å²) < 4.78 is 19.2. The van der Waals surface area contributed by atoms with Crippen LogP contribution < -0.4 is 10.1 Å². The summed E-state index contributed by atoms with van der Waals surface area (Å²) >= 11 is 0. The van der Waals surface area contributed by atoms with Crippen LogP contribution in [0.15, 0.2) is 42.5 Å². The summed E-state index contributed by atoms with van der Waals surface area (Å²) in [6.07, 6.45) is 0.586. The number of hydrogen-bond acceptors (Lipinski definition) is 2. The fraction of sp³-hybridized carbons (Fsp3) is 0.294. The highest BCUT2D eigenvalue weighted by atomic mass is 19.1. The minimum atomic E-state index is -0.276. The maximum absolute atomic E-state index is 14.2. The van der Waals surface area contributed by atoms with Gasteiger partial charge in [-0.05, 0) is 37.6 Å². The van der Waals surface area contributed by atoms with Crippen LogP contribution >= 0.6 is 0 Å². The van der Waals surface area contributed by atoms with Gasteiger partial charge in [0.1, 0.15) is 0 Å². The predicted octanol–water partition coefficient (Wildman–Crippen LogP) is 3.65. The van der Waals surface area contributed by atoms with Crippen LogP contribution in [-0.2, 0) is 6.42 Å². The van der Waals surface area contributed by atoms with Gasteiger partial charge < -0.3 is 10.1 Å². The van der Waals surface area contributed by atoms with Gasteiger partial charge in [0.15, 0.2) is 11.6 Å². The normalized spacial score (nSPS) is 12.2. The first kappa shape index (κ1) is 14.5. The average molecular weight is 273 g/mol. The molecule has 20 heavy (non-hydrogen) atoms. The smallest absolute Gasteiger partial charge is 0.168 e. The van der Waals surface area contributed by atoms with Crippen LogP contribution in [0.5, 0.6) is 5.75 Å². The number of ether oxygens (including phenoxy) is 1. The Bertz CT molecular complexity index is 566. The lowest BCUT2D eigenvalue weighted by molar-refractivity contribution is 0.383. The molecule has 0 fully saturated rings. The van der Waals surface area contributed by atoms with E-state index in [0.717, 1.165) is 5.56 Å². The number of methoxy groups -OCH3 is 1. The van der Waals surface area contributed by atoms with Gasteiger partial charge in [-0.25, -0.2) is 4.39 Å².